The minimum absolute atomic E-state index is 0.0636. The minimum atomic E-state index is -0.806. The topological polar surface area (TPSA) is 71.3 Å². The smallest absolute Gasteiger partial charge is 0.254 e. The molecule has 7 heteroatoms. The average molecular weight is 370 g/mol. The van der Waals surface area contributed by atoms with Gasteiger partial charge in [0.15, 0.2) is 0 Å². The number of hydrogen-bond acceptors (Lipinski definition) is 3. The van der Waals surface area contributed by atoms with E-state index < -0.39 is 17.5 Å². The largest absolute Gasteiger partial charge is 0.467 e. The molecule has 0 aliphatic carbocycles. The number of halogens is 2. The van der Waals surface area contributed by atoms with Gasteiger partial charge in [-0.2, -0.15) is 0 Å². The fourth-order valence-corrected chi connectivity index (χ4v) is 2.45. The number of carbonyl (C=O) groups is 2. The standard InChI is InChI=1S/C20H16F2N2O3/c21-15-6-7-18(22)17(10-15)20(26)23-11-13-3-1-4-14(9-13)19(25)24-12-16-5-2-8-27-16/h1-10H,11-12H2,(H,23,26)(H,24,25). The number of hydrogen-bond donors (Lipinski definition) is 2. The zero-order valence-electron chi connectivity index (χ0n) is 14.2. The van der Waals surface area contributed by atoms with E-state index in [9.17, 15) is 18.4 Å². The molecular weight excluding hydrogens is 354 g/mol. The van der Waals surface area contributed by atoms with Crippen molar-refractivity contribution in [3.05, 3.63) is 94.9 Å². The quantitative estimate of drug-likeness (QED) is 0.698. The lowest BCUT2D eigenvalue weighted by atomic mass is 10.1. The first-order valence-corrected chi connectivity index (χ1v) is 8.15. The van der Waals surface area contributed by atoms with E-state index in [1.165, 1.54) is 6.26 Å². The van der Waals surface area contributed by atoms with Crippen LogP contribution in [-0.2, 0) is 13.1 Å². The molecule has 138 valence electrons. The Bertz CT molecular complexity index is 956. The highest BCUT2D eigenvalue weighted by Crippen LogP contribution is 2.11. The van der Waals surface area contributed by atoms with Crippen molar-refractivity contribution in [2.45, 2.75) is 13.1 Å². The zero-order valence-corrected chi connectivity index (χ0v) is 14.2. The maximum atomic E-state index is 13.6. The second-order valence-corrected chi connectivity index (χ2v) is 5.77. The fraction of sp³-hybridized carbons (Fsp3) is 0.100. The van der Waals surface area contributed by atoms with Crippen LogP contribution in [-0.4, -0.2) is 11.8 Å². The van der Waals surface area contributed by atoms with Crippen molar-refractivity contribution >= 4 is 11.8 Å². The molecule has 0 unspecified atom stereocenters. The van der Waals surface area contributed by atoms with E-state index in [4.69, 9.17) is 4.42 Å². The second-order valence-electron chi connectivity index (χ2n) is 5.77. The van der Waals surface area contributed by atoms with Gasteiger partial charge in [0.1, 0.15) is 17.4 Å². The molecule has 3 rings (SSSR count). The molecule has 0 radical (unpaired) electrons. The number of nitrogens with one attached hydrogen (secondary N) is 2. The highest BCUT2D eigenvalue weighted by molar-refractivity contribution is 5.95. The molecule has 5 nitrogen and oxygen atoms in total. The van der Waals surface area contributed by atoms with E-state index >= 15 is 0 Å². The summed E-state index contributed by atoms with van der Waals surface area (Å²) in [4.78, 5) is 24.2. The molecule has 0 atom stereocenters. The Morgan fingerprint density at radius 2 is 1.70 bits per heavy atom. The van der Waals surface area contributed by atoms with Crippen LogP contribution in [0, 0.1) is 11.6 Å². The Morgan fingerprint density at radius 3 is 2.48 bits per heavy atom. The summed E-state index contributed by atoms with van der Waals surface area (Å²) >= 11 is 0. The van der Waals surface area contributed by atoms with E-state index in [2.05, 4.69) is 10.6 Å². The molecule has 2 N–H and O–H groups in total. The van der Waals surface area contributed by atoms with Gasteiger partial charge in [-0.15, -0.1) is 0 Å². The van der Waals surface area contributed by atoms with Crippen LogP contribution in [0.2, 0.25) is 0 Å². The van der Waals surface area contributed by atoms with Gasteiger partial charge in [0, 0.05) is 12.1 Å². The molecular formula is C20H16F2N2O3. The third-order valence-corrected chi connectivity index (χ3v) is 3.82. The van der Waals surface area contributed by atoms with Crippen molar-refractivity contribution < 1.29 is 22.8 Å². The normalized spacial score (nSPS) is 10.4. The Kier molecular flexibility index (Phi) is 5.61. The number of amides is 2. The van der Waals surface area contributed by atoms with Gasteiger partial charge in [-0.25, -0.2) is 8.78 Å². The van der Waals surface area contributed by atoms with Gasteiger partial charge in [-0.05, 0) is 48.0 Å². The van der Waals surface area contributed by atoms with Gasteiger partial charge in [0.25, 0.3) is 11.8 Å². The van der Waals surface area contributed by atoms with E-state index in [0.29, 0.717) is 16.9 Å². The monoisotopic (exact) mass is 370 g/mol. The first kappa shape index (κ1) is 18.3. The van der Waals surface area contributed by atoms with Crippen molar-refractivity contribution in [1.82, 2.24) is 10.6 Å². The SMILES string of the molecule is O=C(NCc1ccco1)c1cccc(CNC(=O)c2cc(F)ccc2F)c1. The van der Waals surface area contributed by atoms with Gasteiger partial charge in [-0.1, -0.05) is 12.1 Å². The Labute approximate surface area is 154 Å². The van der Waals surface area contributed by atoms with E-state index in [1.807, 2.05) is 0 Å². The number of benzene rings is 2. The van der Waals surface area contributed by atoms with Crippen LogP contribution in [0.15, 0.2) is 65.3 Å². The van der Waals surface area contributed by atoms with E-state index in [1.54, 1.807) is 36.4 Å². The minimum Gasteiger partial charge on any atom is -0.467 e. The van der Waals surface area contributed by atoms with Gasteiger partial charge in [0.05, 0.1) is 18.4 Å². The second kappa shape index (κ2) is 8.27. The molecule has 0 aliphatic rings. The maximum absolute atomic E-state index is 13.6. The third-order valence-electron chi connectivity index (χ3n) is 3.82. The molecule has 0 fully saturated rings. The summed E-state index contributed by atoms with van der Waals surface area (Å²) in [6.45, 7) is 0.319. The zero-order chi connectivity index (χ0) is 19.2. The lowest BCUT2D eigenvalue weighted by molar-refractivity contribution is 0.0941. The van der Waals surface area contributed by atoms with Crippen LogP contribution in [0.25, 0.3) is 0 Å². The maximum Gasteiger partial charge on any atom is 0.254 e. The lowest BCUT2D eigenvalue weighted by Gasteiger charge is -2.08. The molecule has 0 bridgehead atoms. The van der Waals surface area contributed by atoms with Gasteiger partial charge >= 0.3 is 0 Å². The van der Waals surface area contributed by atoms with Gasteiger partial charge in [-0.3, -0.25) is 9.59 Å². The summed E-state index contributed by atoms with van der Waals surface area (Å²) in [5.74, 6) is -1.91. The lowest BCUT2D eigenvalue weighted by Crippen LogP contribution is -2.25. The highest BCUT2D eigenvalue weighted by atomic mass is 19.1. The van der Waals surface area contributed by atoms with Crippen LogP contribution >= 0.6 is 0 Å². The first-order chi connectivity index (χ1) is 13.0. The van der Waals surface area contributed by atoms with Crippen molar-refractivity contribution in [2.75, 3.05) is 0 Å². The summed E-state index contributed by atoms with van der Waals surface area (Å²) in [7, 11) is 0. The van der Waals surface area contributed by atoms with Gasteiger partial charge < -0.3 is 15.1 Å². The van der Waals surface area contributed by atoms with Crippen LogP contribution in [0.1, 0.15) is 32.0 Å². The molecule has 0 saturated carbocycles. The molecule has 27 heavy (non-hydrogen) atoms. The summed E-state index contributed by atoms with van der Waals surface area (Å²) < 4.78 is 32.0. The van der Waals surface area contributed by atoms with Crippen molar-refractivity contribution in [3.8, 4) is 0 Å². The van der Waals surface area contributed by atoms with Crippen molar-refractivity contribution in [2.24, 2.45) is 0 Å². The summed E-state index contributed by atoms with van der Waals surface area (Å²) in [6.07, 6.45) is 1.52. The molecule has 2 aromatic carbocycles. The Hall–Kier alpha value is -3.48. The number of furan rings is 1. The van der Waals surface area contributed by atoms with Crippen LogP contribution in [0.3, 0.4) is 0 Å². The molecule has 0 spiro atoms. The molecule has 0 aliphatic heterocycles. The van der Waals surface area contributed by atoms with Crippen molar-refractivity contribution in [3.63, 3.8) is 0 Å². The summed E-state index contributed by atoms with van der Waals surface area (Å²) in [6, 6.07) is 12.8. The first-order valence-electron chi connectivity index (χ1n) is 8.15. The summed E-state index contributed by atoms with van der Waals surface area (Å²) in [5.41, 5.74) is 0.679. The molecule has 3 aromatic rings. The van der Waals surface area contributed by atoms with Crippen molar-refractivity contribution in [1.29, 1.82) is 0 Å². The van der Waals surface area contributed by atoms with E-state index in [0.717, 1.165) is 18.2 Å². The van der Waals surface area contributed by atoms with Crippen LogP contribution in [0.4, 0.5) is 8.78 Å². The molecule has 0 saturated heterocycles. The van der Waals surface area contributed by atoms with E-state index in [-0.39, 0.29) is 24.6 Å². The predicted molar refractivity (Wildman–Crippen MR) is 93.8 cm³/mol. The summed E-state index contributed by atoms with van der Waals surface area (Å²) in [5, 5.41) is 5.23. The number of carbonyl (C=O) groups excluding carboxylic acids is 2. The number of rotatable bonds is 6. The Morgan fingerprint density at radius 1 is 0.889 bits per heavy atom. The molecule has 1 heterocycles. The van der Waals surface area contributed by atoms with Crippen LogP contribution in [0.5, 0.6) is 0 Å². The van der Waals surface area contributed by atoms with Crippen LogP contribution < -0.4 is 10.6 Å². The highest BCUT2D eigenvalue weighted by Gasteiger charge is 2.13. The third kappa shape index (κ3) is 4.78. The average Bonchev–Trinajstić information content (AvgIpc) is 3.20. The Balaban J connectivity index is 1.61. The van der Waals surface area contributed by atoms with Gasteiger partial charge in [0.2, 0.25) is 0 Å². The fourth-order valence-electron chi connectivity index (χ4n) is 2.45. The molecule has 1 aromatic heterocycles. The molecule has 2 amide bonds. The predicted octanol–water partition coefficient (Wildman–Crippen LogP) is 3.42.